The van der Waals surface area contributed by atoms with Gasteiger partial charge in [-0.3, -0.25) is 14.3 Å². The zero-order chi connectivity index (χ0) is 16.5. The maximum atomic E-state index is 11.9. The lowest BCUT2D eigenvalue weighted by Crippen LogP contribution is -2.38. The molecule has 6 N–H and O–H groups in total. The minimum Gasteiger partial charge on any atom is -0.405 e. The number of rotatable bonds is 4. The SMILES string of the molecule is [2H][C@@]1(n2cc(CC=CN)c(=O)[nH]c2=O)O[C@H](CO)[C@@H](O)[C@H]1O. The van der Waals surface area contributed by atoms with Crippen molar-refractivity contribution < 1.29 is 21.4 Å². The molecule has 21 heavy (non-hydrogen) atoms. The van der Waals surface area contributed by atoms with E-state index in [1.165, 1.54) is 12.3 Å². The summed E-state index contributed by atoms with van der Waals surface area (Å²) in [6, 6.07) is 0. The number of nitrogens with two attached hydrogens (primary N) is 1. The molecule has 0 saturated carbocycles. The van der Waals surface area contributed by atoms with Crippen LogP contribution in [-0.2, 0) is 11.2 Å². The first-order valence-corrected chi connectivity index (χ1v) is 6.22. The minimum absolute atomic E-state index is 0.101. The zero-order valence-corrected chi connectivity index (χ0v) is 11.0. The Balaban J connectivity index is 2.52. The van der Waals surface area contributed by atoms with Crippen LogP contribution in [0.25, 0.3) is 0 Å². The van der Waals surface area contributed by atoms with Crippen LogP contribution in [0.3, 0.4) is 0 Å². The highest BCUT2D eigenvalue weighted by Gasteiger charge is 2.43. The van der Waals surface area contributed by atoms with Crippen LogP contribution in [0, 0.1) is 0 Å². The topological polar surface area (TPSA) is 151 Å². The number of aromatic nitrogens is 2. The summed E-state index contributed by atoms with van der Waals surface area (Å²) in [5.74, 6) is 0. The van der Waals surface area contributed by atoms with Crippen molar-refractivity contribution in [2.24, 2.45) is 5.73 Å². The lowest BCUT2D eigenvalue weighted by atomic mass is 10.1. The molecule has 0 aliphatic carbocycles. The second-order valence-electron chi connectivity index (χ2n) is 4.53. The van der Waals surface area contributed by atoms with E-state index in [4.69, 9.17) is 16.9 Å². The van der Waals surface area contributed by atoms with Gasteiger partial charge in [0.2, 0.25) is 0 Å². The van der Waals surface area contributed by atoms with Crippen LogP contribution >= 0.6 is 0 Å². The first-order chi connectivity index (χ1) is 10.3. The monoisotopic (exact) mass is 300 g/mol. The van der Waals surface area contributed by atoms with Crippen molar-refractivity contribution in [3.05, 3.63) is 44.9 Å². The van der Waals surface area contributed by atoms with Gasteiger partial charge in [-0.15, -0.1) is 0 Å². The number of hydrogen-bond donors (Lipinski definition) is 5. The standard InChI is InChI=1S/C12H17N3O6/c13-3-1-2-6-4-15(12(20)14-10(6)19)11-9(18)8(17)7(5-16)21-11/h1,3-4,7-9,11,16-18H,2,5,13H2,(H,14,19,20)/t7-,8-,9-,11-/m1/s1/i11D. The van der Waals surface area contributed by atoms with Crippen LogP contribution in [0.5, 0.6) is 0 Å². The van der Waals surface area contributed by atoms with Gasteiger partial charge in [-0.2, -0.15) is 0 Å². The number of H-pyrrole nitrogens is 1. The summed E-state index contributed by atoms with van der Waals surface area (Å²) in [7, 11) is 0. The molecule has 0 aromatic carbocycles. The molecule has 4 atom stereocenters. The molecule has 1 aliphatic rings. The number of aliphatic hydroxyl groups is 3. The Bertz CT molecular complexity index is 686. The van der Waals surface area contributed by atoms with E-state index in [0.29, 0.717) is 4.57 Å². The van der Waals surface area contributed by atoms with Gasteiger partial charge in [0.15, 0.2) is 6.20 Å². The first-order valence-electron chi connectivity index (χ1n) is 6.72. The zero-order valence-electron chi connectivity index (χ0n) is 12.0. The number of hydrogen-bond acceptors (Lipinski definition) is 7. The van der Waals surface area contributed by atoms with E-state index in [9.17, 15) is 19.8 Å². The van der Waals surface area contributed by atoms with Gasteiger partial charge in [0.25, 0.3) is 5.56 Å². The van der Waals surface area contributed by atoms with Crippen molar-refractivity contribution in [3.8, 4) is 0 Å². The molecule has 1 aromatic heterocycles. The van der Waals surface area contributed by atoms with Crippen molar-refractivity contribution in [1.82, 2.24) is 9.55 Å². The van der Waals surface area contributed by atoms with Crippen LogP contribution in [0.2, 0.25) is 0 Å². The Labute approximate surface area is 120 Å². The quantitative estimate of drug-likeness (QED) is 0.402. The molecule has 9 heteroatoms. The van der Waals surface area contributed by atoms with Crippen molar-refractivity contribution >= 4 is 0 Å². The molecule has 0 spiro atoms. The third-order valence-electron chi connectivity index (χ3n) is 3.14. The largest absolute Gasteiger partial charge is 0.405 e. The highest BCUT2D eigenvalue weighted by molar-refractivity contribution is 5.10. The molecule has 2 heterocycles. The molecule has 9 nitrogen and oxygen atoms in total. The summed E-state index contributed by atoms with van der Waals surface area (Å²) in [5.41, 5.74) is 3.67. The molecule has 116 valence electrons. The number of allylic oxidation sites excluding steroid dienone is 1. The van der Waals surface area contributed by atoms with Gasteiger partial charge in [-0.25, -0.2) is 4.79 Å². The fourth-order valence-electron chi connectivity index (χ4n) is 2.00. The Morgan fingerprint density at radius 2 is 2.19 bits per heavy atom. The average Bonchev–Trinajstić information content (AvgIpc) is 2.71. The van der Waals surface area contributed by atoms with Gasteiger partial charge in [0.1, 0.15) is 18.3 Å². The molecule has 1 aromatic rings. The molecule has 0 unspecified atom stereocenters. The Morgan fingerprint density at radius 1 is 1.48 bits per heavy atom. The predicted octanol–water partition coefficient (Wildman–Crippen LogP) is -2.84. The average molecular weight is 300 g/mol. The molecular weight excluding hydrogens is 282 g/mol. The van der Waals surface area contributed by atoms with E-state index >= 15 is 0 Å². The number of nitrogens with zero attached hydrogens (tertiary/aromatic N) is 1. The molecule has 1 saturated heterocycles. The molecule has 0 bridgehead atoms. The number of ether oxygens (including phenoxy) is 1. The van der Waals surface area contributed by atoms with E-state index in [1.807, 2.05) is 4.98 Å². The number of aromatic amines is 1. The second kappa shape index (κ2) is 6.22. The van der Waals surface area contributed by atoms with Crippen molar-refractivity contribution in [2.75, 3.05) is 6.61 Å². The van der Waals surface area contributed by atoms with Crippen molar-refractivity contribution in [3.63, 3.8) is 0 Å². The van der Waals surface area contributed by atoms with Crippen LogP contribution in [0.15, 0.2) is 28.1 Å². The third-order valence-corrected chi connectivity index (χ3v) is 3.14. The molecule has 0 radical (unpaired) electrons. The maximum absolute atomic E-state index is 11.9. The Hall–Kier alpha value is -1.94. The molecular formula is C12H17N3O6. The van der Waals surface area contributed by atoms with Gasteiger partial charge in [0, 0.05) is 11.8 Å². The van der Waals surface area contributed by atoms with E-state index in [1.54, 1.807) is 0 Å². The normalized spacial score (nSPS) is 33.5. The van der Waals surface area contributed by atoms with Crippen molar-refractivity contribution in [1.29, 1.82) is 0 Å². The van der Waals surface area contributed by atoms with Crippen LogP contribution in [-0.4, -0.2) is 49.8 Å². The Kier molecular flexibility index (Phi) is 4.15. The third kappa shape index (κ3) is 2.90. The molecule has 1 fully saturated rings. The van der Waals surface area contributed by atoms with Crippen LogP contribution < -0.4 is 17.0 Å². The fourth-order valence-corrected chi connectivity index (χ4v) is 2.00. The minimum atomic E-state index is -2.37. The summed E-state index contributed by atoms with van der Waals surface area (Å²) in [5, 5.41) is 28.8. The first kappa shape index (κ1) is 14.0. The van der Waals surface area contributed by atoms with Gasteiger partial charge < -0.3 is 25.8 Å². The number of aliphatic hydroxyl groups excluding tert-OH is 3. The lowest BCUT2D eigenvalue weighted by molar-refractivity contribution is -0.0551. The lowest BCUT2D eigenvalue weighted by Gasteiger charge is -2.17. The predicted molar refractivity (Wildman–Crippen MR) is 71.4 cm³/mol. The van der Waals surface area contributed by atoms with Gasteiger partial charge in [-0.05, 0) is 12.6 Å². The highest BCUT2D eigenvalue weighted by Crippen LogP contribution is 2.27. The Morgan fingerprint density at radius 3 is 2.76 bits per heavy atom. The van der Waals surface area contributed by atoms with Gasteiger partial charge in [0.05, 0.1) is 7.98 Å². The van der Waals surface area contributed by atoms with E-state index < -0.39 is 42.4 Å². The fraction of sp³-hybridized carbons (Fsp3) is 0.500. The van der Waals surface area contributed by atoms with E-state index in [2.05, 4.69) is 0 Å². The van der Waals surface area contributed by atoms with Crippen molar-refractivity contribution in [2.45, 2.75) is 30.9 Å². The second-order valence-corrected chi connectivity index (χ2v) is 4.53. The van der Waals surface area contributed by atoms with Gasteiger partial charge in [-0.1, -0.05) is 6.08 Å². The smallest absolute Gasteiger partial charge is 0.330 e. The summed E-state index contributed by atoms with van der Waals surface area (Å²) >= 11 is 0. The molecule has 0 amide bonds. The summed E-state index contributed by atoms with van der Waals surface area (Å²) in [6.45, 7) is -0.639. The number of nitrogens with one attached hydrogen (secondary N) is 1. The van der Waals surface area contributed by atoms with E-state index in [-0.39, 0.29) is 12.0 Å². The van der Waals surface area contributed by atoms with Crippen LogP contribution in [0.1, 0.15) is 13.1 Å². The summed E-state index contributed by atoms with van der Waals surface area (Å²) in [6.07, 6.45) is -3.08. The molecule has 2 rings (SSSR count). The maximum Gasteiger partial charge on any atom is 0.330 e. The van der Waals surface area contributed by atoms with E-state index in [0.717, 1.165) is 6.20 Å². The highest BCUT2D eigenvalue weighted by atomic mass is 16.6. The van der Waals surface area contributed by atoms with Gasteiger partial charge >= 0.3 is 5.69 Å². The summed E-state index contributed by atoms with van der Waals surface area (Å²) in [4.78, 5) is 25.6. The van der Waals surface area contributed by atoms with Crippen LogP contribution in [0.4, 0.5) is 0 Å². The summed E-state index contributed by atoms with van der Waals surface area (Å²) < 4.78 is 13.9. The molecule has 1 aliphatic heterocycles.